The van der Waals surface area contributed by atoms with Gasteiger partial charge >= 0.3 is 0 Å². The lowest BCUT2D eigenvalue weighted by Crippen LogP contribution is -2.27. The van der Waals surface area contributed by atoms with Crippen molar-refractivity contribution in [2.24, 2.45) is 0 Å². The highest BCUT2D eigenvalue weighted by Crippen LogP contribution is 2.40. The average molecular weight is 541 g/mol. The molecule has 3 aromatic rings. The highest BCUT2D eigenvalue weighted by Gasteiger charge is 2.33. The van der Waals surface area contributed by atoms with Gasteiger partial charge in [-0.1, -0.05) is 36.1 Å². The van der Waals surface area contributed by atoms with Gasteiger partial charge in [0.05, 0.1) is 27.9 Å². The minimum atomic E-state index is -0.140. The molecule has 8 heteroatoms. The number of thioether (sulfide) groups is 1. The zero-order chi connectivity index (χ0) is 23.5. The Bertz CT molecular complexity index is 1260. The first-order valence-corrected chi connectivity index (χ1v) is 12.1. The Kier molecular flexibility index (Phi) is 7.17. The van der Waals surface area contributed by atoms with E-state index in [9.17, 15) is 4.79 Å². The van der Waals surface area contributed by atoms with Gasteiger partial charge in [-0.25, -0.2) is 0 Å². The number of nitrogens with zero attached hydrogens (tertiary/aromatic N) is 2. The highest BCUT2D eigenvalue weighted by molar-refractivity contribution is 9.10. The van der Waals surface area contributed by atoms with E-state index in [0.29, 0.717) is 31.8 Å². The van der Waals surface area contributed by atoms with Gasteiger partial charge < -0.3 is 9.47 Å². The molecule has 1 aliphatic heterocycles. The number of carbonyl (C=O) groups is 1. The molecule has 2 heterocycles. The van der Waals surface area contributed by atoms with E-state index in [-0.39, 0.29) is 5.91 Å². The van der Waals surface area contributed by atoms with Crippen LogP contribution >= 0.6 is 39.9 Å². The maximum Gasteiger partial charge on any atom is 0.270 e. The van der Waals surface area contributed by atoms with Crippen LogP contribution in [-0.4, -0.2) is 22.3 Å². The van der Waals surface area contributed by atoms with Gasteiger partial charge in [-0.3, -0.25) is 14.7 Å². The number of pyridine rings is 1. The van der Waals surface area contributed by atoms with Crippen molar-refractivity contribution >= 4 is 61.9 Å². The first kappa shape index (κ1) is 23.5. The van der Waals surface area contributed by atoms with Crippen LogP contribution in [0.2, 0.25) is 0 Å². The number of halogens is 1. The maximum absolute atomic E-state index is 13.2. The second-order valence-electron chi connectivity index (χ2n) is 7.43. The second kappa shape index (κ2) is 10.1. The molecule has 1 fully saturated rings. The topological polar surface area (TPSA) is 51.7 Å². The standard InChI is InChI=1S/C25H21BrN2O3S2/c1-15-7-8-19(10-16(15)2)28-24(29)22(33-25(28)32)13-17-11-20(26)23(21(12-17)30-3)31-14-18-6-4-5-9-27-18/h4-13H,14H2,1-3H3/b22-13+. The van der Waals surface area contributed by atoms with E-state index in [1.165, 1.54) is 17.3 Å². The SMILES string of the molecule is COc1cc(/C=C2/SC(=S)N(c3ccc(C)c(C)c3)C2=O)cc(Br)c1OCc1ccccn1. The minimum absolute atomic E-state index is 0.140. The van der Waals surface area contributed by atoms with Gasteiger partial charge in [0.2, 0.25) is 0 Å². The molecule has 0 N–H and O–H groups in total. The Hall–Kier alpha value is -2.68. The summed E-state index contributed by atoms with van der Waals surface area (Å²) in [5, 5.41) is 0. The summed E-state index contributed by atoms with van der Waals surface area (Å²) in [5.41, 5.74) is 4.67. The third-order valence-corrected chi connectivity index (χ3v) is 7.07. The molecule has 1 saturated heterocycles. The van der Waals surface area contributed by atoms with Crippen molar-refractivity contribution in [2.75, 3.05) is 12.0 Å². The molecule has 0 saturated carbocycles. The van der Waals surface area contributed by atoms with Crippen LogP contribution in [-0.2, 0) is 11.4 Å². The molecule has 1 aliphatic rings. The minimum Gasteiger partial charge on any atom is -0.493 e. The quantitative estimate of drug-likeness (QED) is 0.264. The summed E-state index contributed by atoms with van der Waals surface area (Å²) >= 11 is 10.4. The summed E-state index contributed by atoms with van der Waals surface area (Å²) in [6.45, 7) is 4.37. The lowest BCUT2D eigenvalue weighted by molar-refractivity contribution is -0.113. The van der Waals surface area contributed by atoms with Crippen molar-refractivity contribution in [3.05, 3.63) is 86.5 Å². The van der Waals surface area contributed by atoms with Crippen molar-refractivity contribution < 1.29 is 14.3 Å². The number of hydrogen-bond acceptors (Lipinski definition) is 6. The number of benzene rings is 2. The predicted molar refractivity (Wildman–Crippen MR) is 141 cm³/mol. The largest absolute Gasteiger partial charge is 0.493 e. The molecule has 0 radical (unpaired) electrons. The number of aryl methyl sites for hydroxylation is 2. The maximum atomic E-state index is 13.2. The van der Waals surface area contributed by atoms with Gasteiger partial charge in [0, 0.05) is 6.20 Å². The van der Waals surface area contributed by atoms with Crippen molar-refractivity contribution in [3.8, 4) is 11.5 Å². The number of carbonyl (C=O) groups excluding carboxylic acids is 1. The Morgan fingerprint density at radius 1 is 1.15 bits per heavy atom. The van der Waals surface area contributed by atoms with Gasteiger partial charge in [-0.2, -0.15) is 0 Å². The summed E-state index contributed by atoms with van der Waals surface area (Å²) in [4.78, 5) is 19.6. The van der Waals surface area contributed by atoms with Gasteiger partial charge in [-0.15, -0.1) is 0 Å². The fourth-order valence-electron chi connectivity index (χ4n) is 3.30. The third kappa shape index (κ3) is 5.13. The number of anilines is 1. The lowest BCUT2D eigenvalue weighted by Gasteiger charge is -2.16. The van der Waals surface area contributed by atoms with Crippen LogP contribution in [0.5, 0.6) is 11.5 Å². The summed E-state index contributed by atoms with van der Waals surface area (Å²) in [5.74, 6) is 0.984. The summed E-state index contributed by atoms with van der Waals surface area (Å²) in [6, 6.07) is 15.3. The van der Waals surface area contributed by atoms with Crippen LogP contribution in [0.3, 0.4) is 0 Å². The van der Waals surface area contributed by atoms with Crippen LogP contribution in [0.4, 0.5) is 5.69 Å². The number of ether oxygens (including phenoxy) is 2. The zero-order valence-electron chi connectivity index (χ0n) is 18.3. The number of hydrogen-bond donors (Lipinski definition) is 0. The van der Waals surface area contributed by atoms with Crippen molar-refractivity contribution in [2.45, 2.75) is 20.5 Å². The Morgan fingerprint density at radius 3 is 2.67 bits per heavy atom. The third-order valence-electron chi connectivity index (χ3n) is 5.18. The Morgan fingerprint density at radius 2 is 1.97 bits per heavy atom. The number of thiocarbonyl (C=S) groups is 1. The summed E-state index contributed by atoms with van der Waals surface area (Å²) in [7, 11) is 1.58. The highest BCUT2D eigenvalue weighted by atomic mass is 79.9. The molecule has 0 aliphatic carbocycles. The molecule has 0 unspecified atom stereocenters. The Balaban J connectivity index is 1.59. The van der Waals surface area contributed by atoms with Crippen LogP contribution in [0, 0.1) is 13.8 Å². The molecule has 33 heavy (non-hydrogen) atoms. The molecule has 0 atom stereocenters. The van der Waals surface area contributed by atoms with E-state index in [1.54, 1.807) is 18.2 Å². The van der Waals surface area contributed by atoms with Gasteiger partial charge in [0.25, 0.3) is 5.91 Å². The number of rotatable bonds is 6. The first-order chi connectivity index (χ1) is 15.9. The number of methoxy groups -OCH3 is 1. The van der Waals surface area contributed by atoms with Gasteiger partial charge in [-0.05, 0) is 88.9 Å². The first-order valence-electron chi connectivity index (χ1n) is 10.1. The predicted octanol–water partition coefficient (Wildman–Crippen LogP) is 6.45. The lowest BCUT2D eigenvalue weighted by atomic mass is 10.1. The van der Waals surface area contributed by atoms with Crippen molar-refractivity contribution in [1.29, 1.82) is 0 Å². The summed E-state index contributed by atoms with van der Waals surface area (Å²) < 4.78 is 12.7. The monoisotopic (exact) mass is 540 g/mol. The normalized spacial score (nSPS) is 14.8. The van der Waals surface area contributed by atoms with Crippen LogP contribution in [0.25, 0.3) is 6.08 Å². The van der Waals surface area contributed by atoms with Crippen LogP contribution in [0.1, 0.15) is 22.4 Å². The zero-order valence-corrected chi connectivity index (χ0v) is 21.5. The van der Waals surface area contributed by atoms with E-state index >= 15 is 0 Å². The Labute approximate surface area is 210 Å². The van der Waals surface area contributed by atoms with E-state index in [4.69, 9.17) is 21.7 Å². The average Bonchev–Trinajstić information content (AvgIpc) is 3.08. The van der Waals surface area contributed by atoms with Crippen LogP contribution in [0.15, 0.2) is 64.1 Å². The van der Waals surface area contributed by atoms with Crippen LogP contribution < -0.4 is 14.4 Å². The van der Waals surface area contributed by atoms with Gasteiger partial charge in [0.1, 0.15) is 6.61 Å². The fraction of sp³-hybridized carbons (Fsp3) is 0.160. The molecular formula is C25H21BrN2O3S2. The molecule has 1 amide bonds. The molecule has 168 valence electrons. The number of aromatic nitrogens is 1. The van der Waals surface area contributed by atoms with Crippen molar-refractivity contribution in [3.63, 3.8) is 0 Å². The van der Waals surface area contributed by atoms with E-state index in [1.807, 2.05) is 68.5 Å². The molecular weight excluding hydrogens is 520 g/mol. The van der Waals surface area contributed by atoms with E-state index in [0.717, 1.165) is 22.5 Å². The second-order valence-corrected chi connectivity index (χ2v) is 9.96. The molecule has 2 aromatic carbocycles. The molecule has 5 nitrogen and oxygen atoms in total. The smallest absolute Gasteiger partial charge is 0.270 e. The van der Waals surface area contributed by atoms with Gasteiger partial charge in [0.15, 0.2) is 15.8 Å². The summed E-state index contributed by atoms with van der Waals surface area (Å²) in [6.07, 6.45) is 3.54. The molecule has 4 rings (SSSR count). The number of amides is 1. The van der Waals surface area contributed by atoms with Crippen molar-refractivity contribution in [1.82, 2.24) is 4.98 Å². The molecule has 0 spiro atoms. The van der Waals surface area contributed by atoms with E-state index in [2.05, 4.69) is 20.9 Å². The van der Waals surface area contributed by atoms with E-state index < -0.39 is 0 Å². The molecule has 1 aromatic heterocycles. The fourth-order valence-corrected chi connectivity index (χ4v) is 5.17. The molecule has 0 bridgehead atoms.